The van der Waals surface area contributed by atoms with Crippen LogP contribution in [0, 0.1) is 0 Å². The van der Waals surface area contributed by atoms with Gasteiger partial charge in [0.25, 0.3) is 0 Å². The van der Waals surface area contributed by atoms with Gasteiger partial charge in [-0.3, -0.25) is 0 Å². The van der Waals surface area contributed by atoms with E-state index in [1.165, 1.54) is 5.56 Å². The van der Waals surface area contributed by atoms with Gasteiger partial charge in [0.05, 0.1) is 0 Å². The summed E-state index contributed by atoms with van der Waals surface area (Å²) in [6.45, 7) is 0. The summed E-state index contributed by atoms with van der Waals surface area (Å²) >= 11 is 0. The third-order valence-electron chi connectivity index (χ3n) is 2.56. The van der Waals surface area contributed by atoms with Gasteiger partial charge in [-0.2, -0.15) is 0 Å². The summed E-state index contributed by atoms with van der Waals surface area (Å²) in [5.74, 6) is 0. The van der Waals surface area contributed by atoms with Gasteiger partial charge in [0.1, 0.15) is 6.10 Å². The summed E-state index contributed by atoms with van der Waals surface area (Å²) in [5, 5.41) is 8.57. The fourth-order valence-electron chi connectivity index (χ4n) is 1.95. The van der Waals surface area contributed by atoms with Gasteiger partial charge in [0.15, 0.2) is 0 Å². The van der Waals surface area contributed by atoms with Crippen LogP contribution in [0.25, 0.3) is 0 Å². The Hall–Kier alpha value is -1.51. The van der Waals surface area contributed by atoms with Crippen LogP contribution in [0.15, 0.2) is 24.3 Å². The predicted molar refractivity (Wildman–Crippen MR) is 51.2 cm³/mol. The Bertz CT molecular complexity index is 346. The summed E-state index contributed by atoms with van der Waals surface area (Å²) in [7, 11) is 0. The summed E-state index contributed by atoms with van der Waals surface area (Å²) in [6, 6.07) is 7.87. The molecule has 2 rings (SSSR count). The van der Waals surface area contributed by atoms with Gasteiger partial charge < -0.3 is 9.84 Å². The standard InChI is InChI=1S/C11H12O3/c12-11(13)14-10-7-3-5-8-4-1-2-6-9(8)10/h1-2,4,6,10H,3,5,7H2,(H,12,13). The number of benzene rings is 1. The molecular weight excluding hydrogens is 180 g/mol. The molecule has 0 bridgehead atoms. The molecular formula is C11H12O3. The van der Waals surface area contributed by atoms with E-state index in [1.54, 1.807) is 0 Å². The maximum absolute atomic E-state index is 10.5. The van der Waals surface area contributed by atoms with Gasteiger partial charge in [-0.05, 0) is 30.4 Å². The highest BCUT2D eigenvalue weighted by atomic mass is 16.7. The van der Waals surface area contributed by atoms with Crippen molar-refractivity contribution in [3.8, 4) is 0 Å². The molecule has 3 heteroatoms. The molecule has 1 aliphatic carbocycles. The molecule has 0 radical (unpaired) electrons. The average molecular weight is 192 g/mol. The third kappa shape index (κ3) is 1.71. The van der Waals surface area contributed by atoms with Gasteiger partial charge in [-0.15, -0.1) is 0 Å². The Morgan fingerprint density at radius 3 is 3.00 bits per heavy atom. The summed E-state index contributed by atoms with van der Waals surface area (Å²) in [4.78, 5) is 10.5. The number of ether oxygens (including phenoxy) is 1. The van der Waals surface area contributed by atoms with Crippen molar-refractivity contribution in [3.05, 3.63) is 35.4 Å². The van der Waals surface area contributed by atoms with E-state index in [9.17, 15) is 4.79 Å². The second-order valence-electron chi connectivity index (χ2n) is 3.46. The molecule has 1 aromatic rings. The van der Waals surface area contributed by atoms with E-state index in [0.717, 1.165) is 24.8 Å². The Labute approximate surface area is 82.3 Å². The maximum Gasteiger partial charge on any atom is 0.506 e. The minimum Gasteiger partial charge on any atom is -0.450 e. The highest BCUT2D eigenvalue weighted by Crippen LogP contribution is 2.32. The maximum atomic E-state index is 10.5. The van der Waals surface area contributed by atoms with Crippen molar-refractivity contribution in [1.82, 2.24) is 0 Å². The number of carbonyl (C=O) groups is 1. The largest absolute Gasteiger partial charge is 0.506 e. The molecule has 0 fully saturated rings. The molecule has 1 N–H and O–H groups in total. The number of fused-ring (bicyclic) bond motifs is 1. The lowest BCUT2D eigenvalue weighted by atomic mass is 9.89. The molecule has 1 aliphatic rings. The van der Waals surface area contributed by atoms with E-state index >= 15 is 0 Å². The number of carboxylic acid groups (broad SMARTS) is 1. The molecule has 0 spiro atoms. The van der Waals surface area contributed by atoms with Crippen LogP contribution in [-0.2, 0) is 11.2 Å². The van der Waals surface area contributed by atoms with Gasteiger partial charge in [-0.1, -0.05) is 24.3 Å². The highest BCUT2D eigenvalue weighted by molar-refractivity contribution is 5.57. The Morgan fingerprint density at radius 1 is 1.43 bits per heavy atom. The first-order chi connectivity index (χ1) is 6.77. The monoisotopic (exact) mass is 192 g/mol. The van der Waals surface area contributed by atoms with Crippen molar-refractivity contribution < 1.29 is 14.6 Å². The van der Waals surface area contributed by atoms with Crippen LogP contribution in [0.5, 0.6) is 0 Å². The van der Waals surface area contributed by atoms with Gasteiger partial charge in [0, 0.05) is 0 Å². The molecule has 0 amide bonds. The first-order valence-corrected chi connectivity index (χ1v) is 4.75. The predicted octanol–water partition coefficient (Wildman–Crippen LogP) is 2.76. The van der Waals surface area contributed by atoms with E-state index < -0.39 is 6.16 Å². The lowest BCUT2D eigenvalue weighted by molar-refractivity contribution is 0.0439. The Kier molecular flexibility index (Phi) is 2.39. The van der Waals surface area contributed by atoms with E-state index in [2.05, 4.69) is 0 Å². The number of hydrogen-bond acceptors (Lipinski definition) is 2. The molecule has 1 aromatic carbocycles. The third-order valence-corrected chi connectivity index (χ3v) is 2.56. The molecule has 0 saturated carbocycles. The zero-order valence-electron chi connectivity index (χ0n) is 7.77. The molecule has 74 valence electrons. The molecule has 0 aromatic heterocycles. The van der Waals surface area contributed by atoms with E-state index in [0.29, 0.717) is 0 Å². The fourth-order valence-corrected chi connectivity index (χ4v) is 1.95. The van der Waals surface area contributed by atoms with Crippen LogP contribution >= 0.6 is 0 Å². The molecule has 1 unspecified atom stereocenters. The van der Waals surface area contributed by atoms with Crippen LogP contribution in [0.1, 0.15) is 30.1 Å². The van der Waals surface area contributed by atoms with Gasteiger partial charge in [0.2, 0.25) is 0 Å². The normalized spacial score (nSPS) is 19.9. The first kappa shape index (κ1) is 9.06. The molecule has 0 aliphatic heterocycles. The summed E-state index contributed by atoms with van der Waals surface area (Å²) < 4.78 is 4.83. The van der Waals surface area contributed by atoms with Crippen LogP contribution in [0.3, 0.4) is 0 Å². The topological polar surface area (TPSA) is 46.5 Å². The summed E-state index contributed by atoms with van der Waals surface area (Å²) in [6.07, 6.45) is 1.36. The van der Waals surface area contributed by atoms with Gasteiger partial charge in [-0.25, -0.2) is 4.79 Å². The average Bonchev–Trinajstić information content (AvgIpc) is 2.18. The zero-order valence-corrected chi connectivity index (χ0v) is 7.77. The van der Waals surface area contributed by atoms with Crippen molar-refractivity contribution in [2.24, 2.45) is 0 Å². The van der Waals surface area contributed by atoms with Crippen LogP contribution < -0.4 is 0 Å². The van der Waals surface area contributed by atoms with E-state index in [4.69, 9.17) is 9.84 Å². The van der Waals surface area contributed by atoms with Crippen molar-refractivity contribution in [2.75, 3.05) is 0 Å². The van der Waals surface area contributed by atoms with Gasteiger partial charge >= 0.3 is 6.16 Å². The number of aryl methyl sites for hydroxylation is 1. The zero-order chi connectivity index (χ0) is 9.97. The van der Waals surface area contributed by atoms with E-state index in [-0.39, 0.29) is 6.10 Å². The molecule has 0 heterocycles. The first-order valence-electron chi connectivity index (χ1n) is 4.75. The van der Waals surface area contributed by atoms with Crippen LogP contribution in [0.2, 0.25) is 0 Å². The second-order valence-corrected chi connectivity index (χ2v) is 3.46. The van der Waals surface area contributed by atoms with Crippen molar-refractivity contribution >= 4 is 6.16 Å². The number of rotatable bonds is 1. The minimum atomic E-state index is -1.19. The van der Waals surface area contributed by atoms with Crippen molar-refractivity contribution in [1.29, 1.82) is 0 Å². The SMILES string of the molecule is O=C(O)OC1CCCc2ccccc21. The lowest BCUT2D eigenvalue weighted by Crippen LogP contribution is -2.15. The minimum absolute atomic E-state index is 0.266. The Morgan fingerprint density at radius 2 is 2.21 bits per heavy atom. The number of hydrogen-bond donors (Lipinski definition) is 1. The summed E-state index contributed by atoms with van der Waals surface area (Å²) in [5.41, 5.74) is 2.24. The van der Waals surface area contributed by atoms with Crippen molar-refractivity contribution in [3.63, 3.8) is 0 Å². The quantitative estimate of drug-likeness (QED) is 0.696. The Balaban J connectivity index is 2.26. The smallest absolute Gasteiger partial charge is 0.450 e. The lowest BCUT2D eigenvalue weighted by Gasteiger charge is -2.23. The second kappa shape index (κ2) is 3.70. The van der Waals surface area contributed by atoms with Crippen LogP contribution in [0.4, 0.5) is 4.79 Å². The van der Waals surface area contributed by atoms with Crippen molar-refractivity contribution in [2.45, 2.75) is 25.4 Å². The molecule has 0 saturated heterocycles. The molecule has 3 nitrogen and oxygen atoms in total. The highest BCUT2D eigenvalue weighted by Gasteiger charge is 2.22. The van der Waals surface area contributed by atoms with Crippen LogP contribution in [-0.4, -0.2) is 11.3 Å². The fraction of sp³-hybridized carbons (Fsp3) is 0.364. The molecule has 1 atom stereocenters. The van der Waals surface area contributed by atoms with E-state index in [1.807, 2.05) is 24.3 Å². The molecule has 14 heavy (non-hydrogen) atoms.